The molecule has 1 aliphatic rings. The van der Waals surface area contributed by atoms with Crippen LogP contribution in [-0.2, 0) is 0 Å². The van der Waals surface area contributed by atoms with Crippen LogP contribution in [0.1, 0.15) is 36.0 Å². The average Bonchev–Trinajstić information content (AvgIpc) is 2.30. The van der Waals surface area contributed by atoms with E-state index in [1.54, 1.807) is 18.3 Å². The molecular weight excluding hydrogens is 210 g/mol. The first kappa shape index (κ1) is 10.4. The van der Waals surface area contributed by atoms with Crippen LogP contribution < -0.4 is 0 Å². The monoisotopic (exact) mass is 221 g/mol. The van der Waals surface area contributed by atoms with Crippen molar-refractivity contribution in [2.45, 2.75) is 25.7 Å². The highest BCUT2D eigenvalue weighted by molar-refractivity contribution is 6.29. The molecule has 0 amide bonds. The van der Waals surface area contributed by atoms with Gasteiger partial charge in [-0.25, -0.2) is 4.98 Å². The second kappa shape index (κ2) is 4.58. The molecule has 0 N–H and O–H groups in total. The van der Waals surface area contributed by atoms with E-state index < -0.39 is 0 Å². The third-order valence-electron chi connectivity index (χ3n) is 2.57. The van der Waals surface area contributed by atoms with Crippen LogP contribution in [0.25, 0.3) is 0 Å². The van der Waals surface area contributed by atoms with Crippen LogP contribution in [0.3, 0.4) is 0 Å². The predicted octanol–water partition coefficient (Wildman–Crippen LogP) is 3.42. The minimum atomic E-state index is 0.0962. The van der Waals surface area contributed by atoms with Crippen molar-refractivity contribution in [3.05, 3.63) is 40.7 Å². The maximum Gasteiger partial charge on any atom is 0.190 e. The first-order chi connectivity index (χ1) is 7.27. The summed E-state index contributed by atoms with van der Waals surface area (Å²) in [5.41, 5.74) is 1.55. The molecule has 0 atom stereocenters. The number of pyridine rings is 1. The number of hydrogen-bond acceptors (Lipinski definition) is 2. The lowest BCUT2D eigenvalue weighted by atomic mass is 9.94. The summed E-state index contributed by atoms with van der Waals surface area (Å²) < 4.78 is 0. The Hall–Kier alpha value is -1.15. The highest BCUT2D eigenvalue weighted by Gasteiger charge is 2.14. The Morgan fingerprint density at radius 1 is 1.33 bits per heavy atom. The van der Waals surface area contributed by atoms with Crippen molar-refractivity contribution in [3.8, 4) is 0 Å². The second-order valence-corrected chi connectivity index (χ2v) is 4.06. The number of allylic oxidation sites excluding steroid dienone is 2. The number of carbonyl (C=O) groups is 1. The van der Waals surface area contributed by atoms with Gasteiger partial charge in [0.2, 0.25) is 0 Å². The first-order valence-electron chi connectivity index (χ1n) is 5.12. The topological polar surface area (TPSA) is 30.0 Å². The van der Waals surface area contributed by atoms with Crippen molar-refractivity contribution in [2.75, 3.05) is 0 Å². The van der Waals surface area contributed by atoms with Crippen LogP contribution >= 0.6 is 11.6 Å². The summed E-state index contributed by atoms with van der Waals surface area (Å²) in [6.45, 7) is 0. The van der Waals surface area contributed by atoms with Gasteiger partial charge in [0.1, 0.15) is 5.15 Å². The Morgan fingerprint density at radius 2 is 2.20 bits per heavy atom. The summed E-state index contributed by atoms with van der Waals surface area (Å²) >= 11 is 5.67. The summed E-state index contributed by atoms with van der Waals surface area (Å²) in [5.74, 6) is 0.0962. The Bertz CT molecular complexity index is 395. The van der Waals surface area contributed by atoms with E-state index >= 15 is 0 Å². The second-order valence-electron chi connectivity index (χ2n) is 3.67. The number of aromatic nitrogens is 1. The summed E-state index contributed by atoms with van der Waals surface area (Å²) in [4.78, 5) is 15.9. The Balaban J connectivity index is 2.20. The molecule has 3 heteroatoms. The Labute approximate surface area is 94.0 Å². The number of carbonyl (C=O) groups excluding carboxylic acids is 1. The highest BCUT2D eigenvalue weighted by Crippen LogP contribution is 2.21. The Kier molecular flexibility index (Phi) is 3.17. The standard InChI is InChI=1S/C12H12ClNO/c13-11-7-6-10(8-14-11)12(15)9-4-2-1-3-5-9/h4,6-8H,1-3,5H2. The summed E-state index contributed by atoms with van der Waals surface area (Å²) in [5, 5.41) is 0.421. The SMILES string of the molecule is O=C(C1=CCCCC1)c1ccc(Cl)nc1. The molecule has 1 aromatic heterocycles. The molecule has 15 heavy (non-hydrogen) atoms. The molecule has 2 rings (SSSR count). The third kappa shape index (κ3) is 2.45. The molecule has 0 bridgehead atoms. The highest BCUT2D eigenvalue weighted by atomic mass is 35.5. The van der Waals surface area contributed by atoms with Crippen molar-refractivity contribution in [2.24, 2.45) is 0 Å². The van der Waals surface area contributed by atoms with E-state index in [2.05, 4.69) is 4.98 Å². The van der Waals surface area contributed by atoms with Crippen molar-refractivity contribution >= 4 is 17.4 Å². The van der Waals surface area contributed by atoms with Gasteiger partial charge in [0, 0.05) is 11.8 Å². The van der Waals surface area contributed by atoms with Gasteiger partial charge in [-0.3, -0.25) is 4.79 Å². The molecule has 78 valence electrons. The maximum absolute atomic E-state index is 12.0. The van der Waals surface area contributed by atoms with Crippen LogP contribution in [0.5, 0.6) is 0 Å². The van der Waals surface area contributed by atoms with Crippen LogP contribution in [0, 0.1) is 0 Å². The fraction of sp³-hybridized carbons (Fsp3) is 0.333. The zero-order valence-corrected chi connectivity index (χ0v) is 9.13. The van der Waals surface area contributed by atoms with Crippen LogP contribution in [0.4, 0.5) is 0 Å². The molecule has 1 aliphatic carbocycles. The van der Waals surface area contributed by atoms with E-state index in [-0.39, 0.29) is 5.78 Å². The van der Waals surface area contributed by atoms with Gasteiger partial charge in [-0.05, 0) is 43.4 Å². The third-order valence-corrected chi connectivity index (χ3v) is 2.80. The van der Waals surface area contributed by atoms with Gasteiger partial charge in [0.05, 0.1) is 0 Å². The lowest BCUT2D eigenvalue weighted by Gasteiger charge is -2.11. The number of rotatable bonds is 2. The largest absolute Gasteiger partial charge is 0.289 e. The zero-order chi connectivity index (χ0) is 10.7. The van der Waals surface area contributed by atoms with Crippen LogP contribution in [0.2, 0.25) is 5.15 Å². The van der Waals surface area contributed by atoms with Crippen molar-refractivity contribution in [3.63, 3.8) is 0 Å². The van der Waals surface area contributed by atoms with Gasteiger partial charge in [-0.2, -0.15) is 0 Å². The average molecular weight is 222 g/mol. The van der Waals surface area contributed by atoms with Gasteiger partial charge in [0.15, 0.2) is 5.78 Å². The Morgan fingerprint density at radius 3 is 2.80 bits per heavy atom. The van der Waals surface area contributed by atoms with E-state index in [0.29, 0.717) is 10.7 Å². The maximum atomic E-state index is 12.0. The first-order valence-corrected chi connectivity index (χ1v) is 5.50. The van der Waals surface area contributed by atoms with E-state index in [0.717, 1.165) is 24.8 Å². The van der Waals surface area contributed by atoms with Gasteiger partial charge < -0.3 is 0 Å². The molecule has 1 aromatic rings. The minimum absolute atomic E-state index is 0.0962. The van der Waals surface area contributed by atoms with Crippen LogP contribution in [0.15, 0.2) is 30.0 Å². The summed E-state index contributed by atoms with van der Waals surface area (Å²) in [7, 11) is 0. The smallest absolute Gasteiger partial charge is 0.190 e. The number of halogens is 1. The fourth-order valence-corrected chi connectivity index (χ4v) is 1.85. The number of Topliss-reactive ketones (excluding diaryl/α,β-unsaturated/α-hetero) is 1. The normalized spacial score (nSPS) is 15.9. The molecule has 0 saturated carbocycles. The molecular formula is C12H12ClNO. The molecule has 0 fully saturated rings. The van der Waals surface area contributed by atoms with Crippen molar-refractivity contribution < 1.29 is 4.79 Å². The molecule has 0 unspecified atom stereocenters. The molecule has 0 spiro atoms. The number of nitrogens with zero attached hydrogens (tertiary/aromatic N) is 1. The lowest BCUT2D eigenvalue weighted by molar-refractivity contribution is 0.102. The van der Waals surface area contributed by atoms with Crippen molar-refractivity contribution in [1.29, 1.82) is 0 Å². The van der Waals surface area contributed by atoms with E-state index in [9.17, 15) is 4.79 Å². The molecule has 0 aromatic carbocycles. The minimum Gasteiger partial charge on any atom is -0.289 e. The van der Waals surface area contributed by atoms with Crippen LogP contribution in [-0.4, -0.2) is 10.8 Å². The fourth-order valence-electron chi connectivity index (χ4n) is 1.74. The molecule has 0 radical (unpaired) electrons. The van der Waals surface area contributed by atoms with Gasteiger partial charge >= 0.3 is 0 Å². The zero-order valence-electron chi connectivity index (χ0n) is 8.37. The predicted molar refractivity (Wildman–Crippen MR) is 60.1 cm³/mol. The quantitative estimate of drug-likeness (QED) is 0.566. The number of ketones is 1. The van der Waals surface area contributed by atoms with E-state index in [4.69, 9.17) is 11.6 Å². The summed E-state index contributed by atoms with van der Waals surface area (Å²) in [6, 6.07) is 3.38. The van der Waals surface area contributed by atoms with Gasteiger partial charge in [0.25, 0.3) is 0 Å². The molecule has 0 saturated heterocycles. The van der Waals surface area contributed by atoms with Crippen molar-refractivity contribution in [1.82, 2.24) is 4.98 Å². The van der Waals surface area contributed by atoms with E-state index in [1.165, 1.54) is 6.42 Å². The molecule has 1 heterocycles. The number of hydrogen-bond donors (Lipinski definition) is 0. The molecule has 0 aliphatic heterocycles. The van der Waals surface area contributed by atoms with E-state index in [1.807, 2.05) is 6.08 Å². The molecule has 2 nitrogen and oxygen atoms in total. The van der Waals surface area contributed by atoms with Gasteiger partial charge in [-0.15, -0.1) is 0 Å². The lowest BCUT2D eigenvalue weighted by Crippen LogP contribution is -2.06. The van der Waals surface area contributed by atoms with Gasteiger partial charge in [-0.1, -0.05) is 17.7 Å². The summed E-state index contributed by atoms with van der Waals surface area (Å²) in [6.07, 6.45) is 7.79.